The number of aromatic nitrogens is 3. The molecule has 0 unspecified atom stereocenters. The van der Waals surface area contributed by atoms with E-state index >= 15 is 0 Å². The summed E-state index contributed by atoms with van der Waals surface area (Å²) in [5.41, 5.74) is 1.34. The third-order valence-corrected chi connectivity index (χ3v) is 6.74. The first-order valence-electron chi connectivity index (χ1n) is 14.6. The maximum Gasteiger partial charge on any atom is 0.409 e. The average molecular weight is 603 g/mol. The molecule has 1 N–H and O–H groups in total. The van der Waals surface area contributed by atoms with Gasteiger partial charge >= 0.3 is 12.1 Å². The molecular formula is C32H38N6O6. The predicted octanol–water partition coefficient (Wildman–Crippen LogP) is 3.73. The van der Waals surface area contributed by atoms with E-state index in [1.54, 1.807) is 63.2 Å². The molecule has 0 aliphatic carbocycles. The number of pyridine rings is 1. The van der Waals surface area contributed by atoms with Crippen LogP contribution in [0.3, 0.4) is 0 Å². The van der Waals surface area contributed by atoms with Crippen molar-refractivity contribution in [2.45, 2.75) is 52.2 Å². The predicted molar refractivity (Wildman–Crippen MR) is 162 cm³/mol. The van der Waals surface area contributed by atoms with Crippen LogP contribution in [0.5, 0.6) is 0 Å². The van der Waals surface area contributed by atoms with Crippen molar-refractivity contribution in [3.63, 3.8) is 0 Å². The number of carbonyl (C=O) groups excluding carboxylic acids is 4. The Morgan fingerprint density at radius 1 is 0.909 bits per heavy atom. The Morgan fingerprint density at radius 3 is 2.20 bits per heavy atom. The van der Waals surface area contributed by atoms with Gasteiger partial charge in [0, 0.05) is 56.1 Å². The zero-order chi connectivity index (χ0) is 31.7. The third kappa shape index (κ3) is 8.82. The van der Waals surface area contributed by atoms with Crippen LogP contribution in [-0.4, -0.2) is 93.1 Å². The van der Waals surface area contributed by atoms with E-state index in [9.17, 15) is 19.2 Å². The summed E-state index contributed by atoms with van der Waals surface area (Å²) < 4.78 is 10.5. The number of amides is 3. The SMILES string of the molecule is CCOC(=O)N1CCN(C(=O)[C@H](CCC(=O)OC(C)(C)C)NC(=O)c2cc(-c3ccncc3)nc(-c3ccccc3)n2)CC1. The van der Waals surface area contributed by atoms with Crippen molar-refractivity contribution in [2.75, 3.05) is 32.8 Å². The van der Waals surface area contributed by atoms with E-state index in [1.807, 2.05) is 30.3 Å². The second-order valence-electron chi connectivity index (χ2n) is 11.2. The summed E-state index contributed by atoms with van der Waals surface area (Å²) in [6, 6.07) is 13.3. The van der Waals surface area contributed by atoms with E-state index in [0.29, 0.717) is 24.6 Å². The molecule has 0 radical (unpaired) electrons. The molecule has 1 atom stereocenters. The second-order valence-corrected chi connectivity index (χ2v) is 11.2. The van der Waals surface area contributed by atoms with Crippen molar-refractivity contribution in [1.82, 2.24) is 30.1 Å². The van der Waals surface area contributed by atoms with Gasteiger partial charge in [-0.15, -0.1) is 0 Å². The van der Waals surface area contributed by atoms with Crippen LogP contribution in [0.1, 0.15) is 51.0 Å². The lowest BCUT2D eigenvalue weighted by atomic mass is 10.1. The van der Waals surface area contributed by atoms with E-state index in [2.05, 4.69) is 20.3 Å². The first-order chi connectivity index (χ1) is 21.0. The van der Waals surface area contributed by atoms with Crippen LogP contribution in [0.2, 0.25) is 0 Å². The van der Waals surface area contributed by atoms with Gasteiger partial charge in [0.15, 0.2) is 5.82 Å². The van der Waals surface area contributed by atoms with E-state index < -0.39 is 29.6 Å². The van der Waals surface area contributed by atoms with Crippen LogP contribution in [0, 0.1) is 0 Å². The van der Waals surface area contributed by atoms with Gasteiger partial charge in [0.1, 0.15) is 17.3 Å². The summed E-state index contributed by atoms with van der Waals surface area (Å²) in [4.78, 5) is 68.5. The van der Waals surface area contributed by atoms with Gasteiger partial charge < -0.3 is 24.6 Å². The highest BCUT2D eigenvalue weighted by Crippen LogP contribution is 2.22. The van der Waals surface area contributed by atoms with Gasteiger partial charge in [-0.25, -0.2) is 14.8 Å². The summed E-state index contributed by atoms with van der Waals surface area (Å²) in [6.45, 7) is 8.37. The zero-order valence-electron chi connectivity index (χ0n) is 25.5. The standard InChI is InChI=1S/C32H38N6O6/c1-5-43-31(42)38-19-17-37(18-20-38)30(41)24(11-12-27(39)44-32(2,3)4)36-29(40)26-21-25(22-13-15-33-16-14-22)34-28(35-26)23-9-7-6-8-10-23/h6-10,13-16,21,24H,5,11-12,17-20H2,1-4H3,(H,36,40)/t24-/m0/s1. The summed E-state index contributed by atoms with van der Waals surface area (Å²) >= 11 is 0. The topological polar surface area (TPSA) is 144 Å². The minimum atomic E-state index is -1.04. The quantitative estimate of drug-likeness (QED) is 0.362. The Balaban J connectivity index is 1.58. The Labute approximate surface area is 256 Å². The molecule has 3 aromatic rings. The summed E-state index contributed by atoms with van der Waals surface area (Å²) in [6.07, 6.45) is 2.76. The smallest absolute Gasteiger partial charge is 0.409 e. The molecule has 3 heterocycles. The van der Waals surface area contributed by atoms with Crippen molar-refractivity contribution in [3.05, 3.63) is 66.6 Å². The van der Waals surface area contributed by atoms with Crippen LogP contribution in [-0.2, 0) is 19.1 Å². The molecule has 12 nitrogen and oxygen atoms in total. The molecule has 1 aliphatic rings. The van der Waals surface area contributed by atoms with Crippen molar-refractivity contribution in [3.8, 4) is 22.6 Å². The lowest BCUT2D eigenvalue weighted by molar-refractivity contribution is -0.155. The second kappa shape index (κ2) is 14.5. The lowest BCUT2D eigenvalue weighted by Crippen LogP contribution is -2.56. The van der Waals surface area contributed by atoms with Crippen molar-refractivity contribution in [1.29, 1.82) is 0 Å². The number of nitrogens with one attached hydrogen (secondary N) is 1. The summed E-state index contributed by atoms with van der Waals surface area (Å²) in [7, 11) is 0. The minimum absolute atomic E-state index is 0.0193. The summed E-state index contributed by atoms with van der Waals surface area (Å²) in [5, 5.41) is 2.81. The Kier molecular flexibility index (Phi) is 10.6. The molecule has 1 aliphatic heterocycles. The van der Waals surface area contributed by atoms with E-state index in [4.69, 9.17) is 9.47 Å². The normalized spacial score (nSPS) is 14.0. The number of esters is 1. The Morgan fingerprint density at radius 2 is 1.57 bits per heavy atom. The van der Waals surface area contributed by atoms with Gasteiger partial charge in [-0.2, -0.15) is 0 Å². The highest BCUT2D eigenvalue weighted by molar-refractivity contribution is 5.97. The van der Waals surface area contributed by atoms with Gasteiger partial charge in [0.05, 0.1) is 12.3 Å². The van der Waals surface area contributed by atoms with Gasteiger partial charge in [0.25, 0.3) is 5.91 Å². The maximum atomic E-state index is 13.7. The van der Waals surface area contributed by atoms with Gasteiger partial charge in [-0.3, -0.25) is 19.4 Å². The van der Waals surface area contributed by atoms with E-state index in [0.717, 1.165) is 11.1 Å². The zero-order valence-corrected chi connectivity index (χ0v) is 25.5. The highest BCUT2D eigenvalue weighted by Gasteiger charge is 2.32. The van der Waals surface area contributed by atoms with Crippen LogP contribution < -0.4 is 5.32 Å². The summed E-state index contributed by atoms with van der Waals surface area (Å²) in [5.74, 6) is -1.09. The van der Waals surface area contributed by atoms with Crippen LogP contribution in [0.15, 0.2) is 60.9 Å². The number of piperazine rings is 1. The molecule has 232 valence electrons. The van der Waals surface area contributed by atoms with E-state index in [-0.39, 0.29) is 44.1 Å². The number of carbonyl (C=O) groups is 4. The molecule has 4 rings (SSSR count). The highest BCUT2D eigenvalue weighted by atomic mass is 16.6. The van der Waals surface area contributed by atoms with Gasteiger partial charge in [0.2, 0.25) is 5.91 Å². The molecule has 1 fully saturated rings. The van der Waals surface area contributed by atoms with Crippen molar-refractivity contribution in [2.24, 2.45) is 0 Å². The van der Waals surface area contributed by atoms with Crippen molar-refractivity contribution < 1.29 is 28.7 Å². The molecule has 0 bridgehead atoms. The molecule has 44 heavy (non-hydrogen) atoms. The fourth-order valence-corrected chi connectivity index (χ4v) is 4.64. The molecule has 12 heteroatoms. The number of benzene rings is 1. The largest absolute Gasteiger partial charge is 0.460 e. The molecule has 1 saturated heterocycles. The molecule has 0 saturated carbocycles. The molecule has 3 amide bonds. The van der Waals surface area contributed by atoms with Gasteiger partial charge in [-0.05, 0) is 52.3 Å². The van der Waals surface area contributed by atoms with Crippen molar-refractivity contribution >= 4 is 23.9 Å². The number of hydrogen-bond acceptors (Lipinski definition) is 9. The number of nitrogens with zero attached hydrogens (tertiary/aromatic N) is 5. The Bertz CT molecular complexity index is 1400. The van der Waals surface area contributed by atoms with Crippen LogP contribution >= 0.6 is 0 Å². The third-order valence-electron chi connectivity index (χ3n) is 6.74. The van der Waals surface area contributed by atoms with Gasteiger partial charge in [-0.1, -0.05) is 30.3 Å². The molecule has 0 spiro atoms. The monoisotopic (exact) mass is 602 g/mol. The fourth-order valence-electron chi connectivity index (χ4n) is 4.64. The molecular weight excluding hydrogens is 564 g/mol. The van der Waals surface area contributed by atoms with E-state index in [1.165, 1.54) is 4.90 Å². The average Bonchev–Trinajstić information content (AvgIpc) is 3.02. The molecule has 1 aromatic carbocycles. The molecule has 2 aromatic heterocycles. The number of hydrogen-bond donors (Lipinski definition) is 1. The minimum Gasteiger partial charge on any atom is -0.460 e. The number of rotatable bonds is 9. The lowest BCUT2D eigenvalue weighted by Gasteiger charge is -2.36. The number of ether oxygens (including phenoxy) is 2. The van der Waals surface area contributed by atoms with Crippen LogP contribution in [0.4, 0.5) is 4.79 Å². The Hall–Kier alpha value is -4.87. The first kappa shape index (κ1) is 32.1. The fraction of sp³-hybridized carbons (Fsp3) is 0.406. The van der Waals surface area contributed by atoms with Crippen LogP contribution in [0.25, 0.3) is 22.6 Å². The first-order valence-corrected chi connectivity index (χ1v) is 14.6. The maximum absolute atomic E-state index is 13.7.